The summed E-state index contributed by atoms with van der Waals surface area (Å²) in [5.74, 6) is 2.47. The average molecular weight is 272 g/mol. The number of likely N-dealkylation sites (tertiary alicyclic amines) is 1. The van der Waals surface area contributed by atoms with Crippen LogP contribution in [0.2, 0.25) is 0 Å². The van der Waals surface area contributed by atoms with Gasteiger partial charge in [0.25, 0.3) is 0 Å². The quantitative estimate of drug-likeness (QED) is 0.855. The van der Waals surface area contributed by atoms with Crippen LogP contribution in [-0.4, -0.2) is 30.1 Å². The first-order chi connectivity index (χ1) is 9.85. The Morgan fingerprint density at radius 2 is 1.90 bits per heavy atom. The molecule has 2 aromatic rings. The van der Waals surface area contributed by atoms with Crippen LogP contribution < -0.4 is 4.74 Å². The van der Waals surface area contributed by atoms with Gasteiger partial charge in [-0.2, -0.15) is 0 Å². The Labute approximate surface area is 119 Å². The minimum absolute atomic E-state index is 0.803. The topological polar surface area (TPSA) is 38.5 Å². The maximum atomic E-state index is 5.85. The van der Waals surface area contributed by atoms with Crippen molar-refractivity contribution in [3.8, 4) is 17.1 Å². The SMILES string of the molecule is COc1ccc(-c2cnc(CN3CCCCC3)o2)cc1. The maximum Gasteiger partial charge on any atom is 0.209 e. The smallest absolute Gasteiger partial charge is 0.209 e. The monoisotopic (exact) mass is 272 g/mol. The van der Waals surface area contributed by atoms with Gasteiger partial charge in [0.15, 0.2) is 5.76 Å². The van der Waals surface area contributed by atoms with Gasteiger partial charge in [0.05, 0.1) is 19.9 Å². The van der Waals surface area contributed by atoms with Crippen molar-refractivity contribution in [1.29, 1.82) is 0 Å². The number of methoxy groups -OCH3 is 1. The van der Waals surface area contributed by atoms with Crippen LogP contribution in [-0.2, 0) is 6.54 Å². The van der Waals surface area contributed by atoms with Crippen molar-refractivity contribution in [2.45, 2.75) is 25.8 Å². The lowest BCUT2D eigenvalue weighted by atomic mass is 10.1. The largest absolute Gasteiger partial charge is 0.497 e. The highest BCUT2D eigenvalue weighted by molar-refractivity contribution is 5.57. The van der Waals surface area contributed by atoms with Crippen LogP contribution in [0.4, 0.5) is 0 Å². The molecule has 0 radical (unpaired) electrons. The second-order valence-electron chi connectivity index (χ2n) is 5.18. The summed E-state index contributed by atoms with van der Waals surface area (Å²) >= 11 is 0. The van der Waals surface area contributed by atoms with Crippen molar-refractivity contribution >= 4 is 0 Å². The van der Waals surface area contributed by atoms with Gasteiger partial charge in [0.2, 0.25) is 5.89 Å². The third kappa shape index (κ3) is 3.02. The number of ether oxygens (including phenoxy) is 1. The molecule has 20 heavy (non-hydrogen) atoms. The Hall–Kier alpha value is -1.81. The van der Waals surface area contributed by atoms with Gasteiger partial charge in [0, 0.05) is 5.56 Å². The number of nitrogens with zero attached hydrogens (tertiary/aromatic N) is 2. The van der Waals surface area contributed by atoms with E-state index in [0.717, 1.165) is 42.6 Å². The fourth-order valence-corrected chi connectivity index (χ4v) is 2.58. The molecule has 1 aliphatic rings. The number of oxazole rings is 1. The van der Waals surface area contributed by atoms with Gasteiger partial charge in [-0.3, -0.25) is 4.90 Å². The Morgan fingerprint density at radius 1 is 1.15 bits per heavy atom. The lowest BCUT2D eigenvalue weighted by Crippen LogP contribution is -2.29. The van der Waals surface area contributed by atoms with Gasteiger partial charge >= 0.3 is 0 Å². The summed E-state index contributed by atoms with van der Waals surface area (Å²) in [5, 5.41) is 0. The molecular formula is C16H20N2O2. The Kier molecular flexibility index (Phi) is 4.02. The minimum Gasteiger partial charge on any atom is -0.497 e. The Morgan fingerprint density at radius 3 is 2.60 bits per heavy atom. The highest BCUT2D eigenvalue weighted by atomic mass is 16.5. The van der Waals surface area contributed by atoms with E-state index in [1.807, 2.05) is 24.3 Å². The molecule has 0 spiro atoms. The summed E-state index contributed by atoms with van der Waals surface area (Å²) in [6.07, 6.45) is 5.72. The number of hydrogen-bond donors (Lipinski definition) is 0. The van der Waals surface area contributed by atoms with Crippen LogP contribution in [0.5, 0.6) is 5.75 Å². The molecule has 0 atom stereocenters. The van der Waals surface area contributed by atoms with Gasteiger partial charge in [-0.1, -0.05) is 6.42 Å². The second-order valence-corrected chi connectivity index (χ2v) is 5.18. The standard InChI is InChI=1S/C16H20N2O2/c1-19-14-7-5-13(6-8-14)15-11-17-16(20-15)12-18-9-3-2-4-10-18/h5-8,11H,2-4,9-10,12H2,1H3. The van der Waals surface area contributed by atoms with Crippen LogP contribution >= 0.6 is 0 Å². The summed E-state index contributed by atoms with van der Waals surface area (Å²) in [7, 11) is 1.67. The van der Waals surface area contributed by atoms with E-state index in [0.29, 0.717) is 0 Å². The zero-order valence-corrected chi connectivity index (χ0v) is 11.8. The normalized spacial score (nSPS) is 16.2. The summed E-state index contributed by atoms with van der Waals surface area (Å²) < 4.78 is 11.0. The third-order valence-electron chi connectivity index (χ3n) is 3.74. The molecule has 3 rings (SSSR count). The van der Waals surface area contributed by atoms with Gasteiger partial charge in [-0.15, -0.1) is 0 Å². The zero-order valence-electron chi connectivity index (χ0n) is 11.8. The van der Waals surface area contributed by atoms with E-state index in [9.17, 15) is 0 Å². The predicted molar refractivity (Wildman–Crippen MR) is 77.6 cm³/mol. The van der Waals surface area contributed by atoms with Crippen LogP contribution in [0.25, 0.3) is 11.3 Å². The molecule has 0 bridgehead atoms. The second kappa shape index (κ2) is 6.09. The van der Waals surface area contributed by atoms with Crippen molar-refractivity contribution in [1.82, 2.24) is 9.88 Å². The molecule has 1 aliphatic heterocycles. The summed E-state index contributed by atoms with van der Waals surface area (Å²) in [4.78, 5) is 6.80. The van der Waals surface area contributed by atoms with E-state index >= 15 is 0 Å². The lowest BCUT2D eigenvalue weighted by molar-refractivity contribution is 0.202. The summed E-state index contributed by atoms with van der Waals surface area (Å²) in [6.45, 7) is 3.12. The fraction of sp³-hybridized carbons (Fsp3) is 0.438. The molecular weight excluding hydrogens is 252 g/mol. The average Bonchev–Trinajstić information content (AvgIpc) is 2.97. The van der Waals surface area contributed by atoms with Gasteiger partial charge < -0.3 is 9.15 Å². The van der Waals surface area contributed by atoms with Gasteiger partial charge in [-0.25, -0.2) is 4.98 Å². The van der Waals surface area contributed by atoms with Crippen molar-refractivity contribution in [2.75, 3.05) is 20.2 Å². The van der Waals surface area contributed by atoms with Crippen LogP contribution in [0.3, 0.4) is 0 Å². The van der Waals surface area contributed by atoms with E-state index in [2.05, 4.69) is 9.88 Å². The predicted octanol–water partition coefficient (Wildman–Crippen LogP) is 3.34. The molecule has 0 aliphatic carbocycles. The number of hydrogen-bond acceptors (Lipinski definition) is 4. The first kappa shape index (κ1) is 13.2. The Balaban J connectivity index is 1.68. The molecule has 1 fully saturated rings. The molecule has 2 heterocycles. The lowest BCUT2D eigenvalue weighted by Gasteiger charge is -2.24. The van der Waals surface area contributed by atoms with Crippen LogP contribution in [0.1, 0.15) is 25.2 Å². The molecule has 4 heteroatoms. The van der Waals surface area contributed by atoms with E-state index in [4.69, 9.17) is 9.15 Å². The van der Waals surface area contributed by atoms with Gasteiger partial charge in [0.1, 0.15) is 5.75 Å². The molecule has 1 aromatic heterocycles. The van der Waals surface area contributed by atoms with E-state index in [1.54, 1.807) is 13.3 Å². The van der Waals surface area contributed by atoms with Crippen LogP contribution in [0.15, 0.2) is 34.9 Å². The van der Waals surface area contributed by atoms with Crippen molar-refractivity contribution < 1.29 is 9.15 Å². The van der Waals surface area contributed by atoms with E-state index in [1.165, 1.54) is 19.3 Å². The van der Waals surface area contributed by atoms with Crippen molar-refractivity contribution in [2.24, 2.45) is 0 Å². The number of rotatable bonds is 4. The molecule has 0 N–H and O–H groups in total. The first-order valence-corrected chi connectivity index (χ1v) is 7.16. The number of benzene rings is 1. The molecule has 1 saturated heterocycles. The number of piperidine rings is 1. The first-order valence-electron chi connectivity index (χ1n) is 7.16. The van der Waals surface area contributed by atoms with Crippen molar-refractivity contribution in [3.05, 3.63) is 36.4 Å². The van der Waals surface area contributed by atoms with E-state index in [-0.39, 0.29) is 0 Å². The molecule has 1 aromatic carbocycles. The molecule has 0 unspecified atom stereocenters. The van der Waals surface area contributed by atoms with E-state index < -0.39 is 0 Å². The molecule has 0 amide bonds. The minimum atomic E-state index is 0.803. The highest BCUT2D eigenvalue weighted by Gasteiger charge is 2.14. The van der Waals surface area contributed by atoms with Crippen molar-refractivity contribution in [3.63, 3.8) is 0 Å². The maximum absolute atomic E-state index is 5.85. The molecule has 4 nitrogen and oxygen atoms in total. The fourth-order valence-electron chi connectivity index (χ4n) is 2.58. The van der Waals surface area contributed by atoms with Crippen LogP contribution in [0, 0.1) is 0 Å². The highest BCUT2D eigenvalue weighted by Crippen LogP contribution is 2.24. The summed E-state index contributed by atoms with van der Waals surface area (Å²) in [6, 6.07) is 7.85. The van der Waals surface area contributed by atoms with Gasteiger partial charge in [-0.05, 0) is 50.2 Å². The number of aromatic nitrogens is 1. The molecule has 106 valence electrons. The Bertz CT molecular complexity index is 542. The zero-order chi connectivity index (χ0) is 13.8. The third-order valence-corrected chi connectivity index (χ3v) is 3.74. The summed E-state index contributed by atoms with van der Waals surface area (Å²) in [5.41, 5.74) is 1.03. The molecule has 0 saturated carbocycles.